The zero-order valence-corrected chi connectivity index (χ0v) is 12.0. The van der Waals surface area contributed by atoms with Gasteiger partial charge in [-0.2, -0.15) is 9.97 Å². The maximum Gasteiger partial charge on any atom is 0.356 e. The third-order valence-electron chi connectivity index (χ3n) is 2.97. The Kier molecular flexibility index (Phi) is 4.47. The molecule has 0 fully saturated rings. The van der Waals surface area contributed by atoms with Crippen molar-refractivity contribution in [2.75, 3.05) is 12.0 Å². The van der Waals surface area contributed by atoms with Gasteiger partial charge in [-0.3, -0.25) is 5.43 Å². The predicted molar refractivity (Wildman–Crippen MR) is 79.0 cm³/mol. The molecule has 0 saturated heterocycles. The molecule has 1 aromatic carbocycles. The van der Waals surface area contributed by atoms with Crippen LogP contribution < -0.4 is 16.5 Å². The van der Waals surface area contributed by atoms with E-state index in [2.05, 4.69) is 27.7 Å². The van der Waals surface area contributed by atoms with E-state index in [0.29, 0.717) is 18.3 Å². The smallest absolute Gasteiger partial charge is 0.289 e. The molecule has 1 heterocycles. The molecular formula is C14H19N5O. The summed E-state index contributed by atoms with van der Waals surface area (Å²) in [7, 11) is 0. The van der Waals surface area contributed by atoms with E-state index < -0.39 is 0 Å². The molecule has 106 valence electrons. The van der Waals surface area contributed by atoms with Gasteiger partial charge in [-0.1, -0.05) is 32.0 Å². The number of aryl methyl sites for hydroxylation is 2. The van der Waals surface area contributed by atoms with Crippen LogP contribution in [0.2, 0.25) is 0 Å². The van der Waals surface area contributed by atoms with Gasteiger partial charge < -0.3 is 0 Å². The van der Waals surface area contributed by atoms with E-state index in [1.165, 1.54) is 4.57 Å². The van der Waals surface area contributed by atoms with E-state index in [0.717, 1.165) is 17.7 Å². The molecule has 0 aliphatic carbocycles. The number of nitrogens with zero attached hydrogens (tertiary/aromatic N) is 3. The maximum atomic E-state index is 12.2. The quantitative estimate of drug-likeness (QED) is 0.806. The van der Waals surface area contributed by atoms with Crippen molar-refractivity contribution in [3.8, 4) is 5.69 Å². The van der Waals surface area contributed by atoms with Crippen molar-refractivity contribution in [1.29, 1.82) is 0 Å². The molecule has 2 rings (SSSR count). The highest BCUT2D eigenvalue weighted by Crippen LogP contribution is 2.14. The van der Waals surface area contributed by atoms with Crippen LogP contribution in [0.5, 0.6) is 0 Å². The van der Waals surface area contributed by atoms with Crippen LogP contribution in [0.4, 0.5) is 5.95 Å². The van der Waals surface area contributed by atoms with Crippen LogP contribution in [0.1, 0.15) is 25.2 Å². The Balaban J connectivity index is 2.50. The summed E-state index contributed by atoms with van der Waals surface area (Å²) in [6.07, 6.45) is 0.847. The van der Waals surface area contributed by atoms with Gasteiger partial charge in [0.15, 0.2) is 0 Å². The second kappa shape index (κ2) is 6.29. The molecule has 0 amide bonds. The van der Waals surface area contributed by atoms with Crippen LogP contribution in [0, 0.1) is 6.92 Å². The lowest BCUT2D eigenvalue weighted by molar-refractivity contribution is 0.768. The van der Waals surface area contributed by atoms with Gasteiger partial charge in [-0.05, 0) is 25.0 Å². The van der Waals surface area contributed by atoms with Crippen LogP contribution in [0.3, 0.4) is 0 Å². The molecule has 6 heteroatoms. The Morgan fingerprint density at radius 2 is 1.95 bits per heavy atom. The first-order valence-corrected chi connectivity index (χ1v) is 6.72. The molecular weight excluding hydrogens is 254 g/mol. The maximum absolute atomic E-state index is 12.2. The lowest BCUT2D eigenvalue weighted by Gasteiger charge is -2.13. The molecule has 2 aromatic rings. The summed E-state index contributed by atoms with van der Waals surface area (Å²) in [6.45, 7) is 6.51. The number of anilines is 1. The Morgan fingerprint density at radius 1 is 1.20 bits per heavy atom. The van der Waals surface area contributed by atoms with Crippen molar-refractivity contribution >= 4 is 5.95 Å². The monoisotopic (exact) mass is 273 g/mol. The average molecular weight is 273 g/mol. The SMILES string of the molecule is CCNNc1nc(C)n(-c2ccccc2CC)c(=O)n1. The zero-order valence-electron chi connectivity index (χ0n) is 12.0. The van der Waals surface area contributed by atoms with Gasteiger partial charge in [0.05, 0.1) is 5.69 Å². The van der Waals surface area contributed by atoms with Gasteiger partial charge >= 0.3 is 5.69 Å². The fourth-order valence-corrected chi connectivity index (χ4v) is 2.04. The number of benzene rings is 1. The van der Waals surface area contributed by atoms with Gasteiger partial charge in [0.25, 0.3) is 0 Å². The first-order chi connectivity index (χ1) is 9.67. The second-order valence-corrected chi connectivity index (χ2v) is 4.35. The minimum Gasteiger partial charge on any atom is -0.289 e. The number of rotatable bonds is 5. The van der Waals surface area contributed by atoms with Crippen LogP contribution in [-0.4, -0.2) is 21.1 Å². The number of nitrogens with one attached hydrogen (secondary N) is 2. The van der Waals surface area contributed by atoms with Crippen LogP contribution in [0.25, 0.3) is 5.69 Å². The summed E-state index contributed by atoms with van der Waals surface area (Å²) < 4.78 is 1.54. The third kappa shape index (κ3) is 2.85. The number of hydrogen-bond donors (Lipinski definition) is 2. The van der Waals surface area contributed by atoms with Gasteiger partial charge in [0.2, 0.25) is 5.95 Å². The Labute approximate surface area is 117 Å². The summed E-state index contributed by atoms with van der Waals surface area (Å²) in [5.74, 6) is 0.894. The standard InChI is InChI=1S/C14H19N5O/c1-4-11-8-6-7-9-12(11)19-10(3)16-13(17-14(19)20)18-15-5-2/h6-9,15H,4-5H2,1-3H3,(H,17,18,20). The van der Waals surface area contributed by atoms with Crippen LogP contribution >= 0.6 is 0 Å². The van der Waals surface area contributed by atoms with E-state index in [9.17, 15) is 4.79 Å². The van der Waals surface area contributed by atoms with Crippen molar-refractivity contribution in [2.45, 2.75) is 27.2 Å². The number of para-hydroxylation sites is 1. The molecule has 0 aliphatic heterocycles. The molecule has 0 unspecified atom stereocenters. The topological polar surface area (TPSA) is 71.8 Å². The minimum absolute atomic E-state index is 0.291. The third-order valence-corrected chi connectivity index (χ3v) is 2.97. The average Bonchev–Trinajstić information content (AvgIpc) is 2.45. The summed E-state index contributed by atoms with van der Waals surface area (Å²) in [4.78, 5) is 20.5. The van der Waals surface area contributed by atoms with E-state index in [1.54, 1.807) is 6.92 Å². The fraction of sp³-hybridized carbons (Fsp3) is 0.357. The first-order valence-electron chi connectivity index (χ1n) is 6.72. The highest BCUT2D eigenvalue weighted by Gasteiger charge is 2.10. The minimum atomic E-state index is -0.334. The van der Waals surface area contributed by atoms with Crippen LogP contribution in [0.15, 0.2) is 29.1 Å². The van der Waals surface area contributed by atoms with Gasteiger partial charge in [0, 0.05) is 6.54 Å². The van der Waals surface area contributed by atoms with Gasteiger partial charge in [0.1, 0.15) is 5.82 Å². The molecule has 0 spiro atoms. The number of hydrazine groups is 1. The van der Waals surface area contributed by atoms with E-state index in [-0.39, 0.29) is 5.69 Å². The summed E-state index contributed by atoms with van der Waals surface area (Å²) in [5.41, 5.74) is 7.27. The lowest BCUT2D eigenvalue weighted by atomic mass is 10.1. The Bertz CT molecular complexity index is 650. The largest absolute Gasteiger partial charge is 0.356 e. The zero-order chi connectivity index (χ0) is 14.5. The lowest BCUT2D eigenvalue weighted by Crippen LogP contribution is -2.30. The van der Waals surface area contributed by atoms with Crippen molar-refractivity contribution in [3.63, 3.8) is 0 Å². The van der Waals surface area contributed by atoms with E-state index in [4.69, 9.17) is 0 Å². The molecule has 20 heavy (non-hydrogen) atoms. The second-order valence-electron chi connectivity index (χ2n) is 4.35. The highest BCUT2D eigenvalue weighted by atomic mass is 16.1. The van der Waals surface area contributed by atoms with Gasteiger partial charge in [-0.15, -0.1) is 0 Å². The Hall–Kier alpha value is -2.21. The summed E-state index contributed by atoms with van der Waals surface area (Å²) in [5, 5.41) is 0. The number of aromatic nitrogens is 3. The summed E-state index contributed by atoms with van der Waals surface area (Å²) in [6, 6.07) is 7.79. The van der Waals surface area contributed by atoms with Crippen molar-refractivity contribution in [1.82, 2.24) is 20.0 Å². The van der Waals surface area contributed by atoms with Crippen molar-refractivity contribution < 1.29 is 0 Å². The van der Waals surface area contributed by atoms with E-state index in [1.807, 2.05) is 31.2 Å². The molecule has 0 radical (unpaired) electrons. The van der Waals surface area contributed by atoms with E-state index >= 15 is 0 Å². The summed E-state index contributed by atoms with van der Waals surface area (Å²) >= 11 is 0. The van der Waals surface area contributed by atoms with Crippen molar-refractivity contribution in [3.05, 3.63) is 46.1 Å². The molecule has 0 atom stereocenters. The Morgan fingerprint density at radius 3 is 2.60 bits per heavy atom. The van der Waals surface area contributed by atoms with Crippen molar-refractivity contribution in [2.24, 2.45) is 0 Å². The highest BCUT2D eigenvalue weighted by molar-refractivity contribution is 5.42. The molecule has 2 N–H and O–H groups in total. The fourth-order valence-electron chi connectivity index (χ4n) is 2.04. The molecule has 0 aliphatic rings. The molecule has 0 saturated carbocycles. The molecule has 1 aromatic heterocycles. The predicted octanol–water partition coefficient (Wildman–Crippen LogP) is 1.43. The first kappa shape index (κ1) is 14.2. The molecule has 6 nitrogen and oxygen atoms in total. The van der Waals surface area contributed by atoms with Gasteiger partial charge in [-0.25, -0.2) is 14.8 Å². The normalized spacial score (nSPS) is 10.6. The molecule has 0 bridgehead atoms. The van der Waals surface area contributed by atoms with Crippen LogP contribution in [-0.2, 0) is 6.42 Å². The number of hydrogen-bond acceptors (Lipinski definition) is 5.